The second kappa shape index (κ2) is 7.27. The first-order chi connectivity index (χ1) is 12.7. The summed E-state index contributed by atoms with van der Waals surface area (Å²) in [5, 5.41) is 2.45. The molecule has 1 aromatic carbocycles. The quantitative estimate of drug-likeness (QED) is 0.772. The van der Waals surface area contributed by atoms with Gasteiger partial charge in [-0.25, -0.2) is 4.39 Å². The van der Waals surface area contributed by atoms with Gasteiger partial charge in [0.2, 0.25) is 11.8 Å². The van der Waals surface area contributed by atoms with Gasteiger partial charge in [-0.15, -0.1) is 0 Å². The minimum absolute atomic E-state index is 0.0198. The first-order valence-electron chi connectivity index (χ1n) is 7.68. The molecule has 11 heteroatoms. The van der Waals surface area contributed by atoms with Gasteiger partial charge in [0.25, 0.3) is 0 Å². The molecule has 1 aliphatic rings. The van der Waals surface area contributed by atoms with E-state index in [-0.39, 0.29) is 24.3 Å². The van der Waals surface area contributed by atoms with Crippen molar-refractivity contribution in [3.05, 3.63) is 48.5 Å². The van der Waals surface area contributed by atoms with Crippen molar-refractivity contribution in [3.63, 3.8) is 0 Å². The van der Waals surface area contributed by atoms with Crippen LogP contribution in [0.3, 0.4) is 0 Å². The molecule has 2 aromatic rings. The van der Waals surface area contributed by atoms with Crippen LogP contribution in [-0.4, -0.2) is 31.8 Å². The van der Waals surface area contributed by atoms with E-state index in [0.29, 0.717) is 0 Å². The summed E-state index contributed by atoms with van der Waals surface area (Å²) in [6.45, 7) is -0.0198. The van der Waals surface area contributed by atoms with Gasteiger partial charge in [-0.3, -0.25) is 14.6 Å². The number of halogens is 2. The van der Waals surface area contributed by atoms with Crippen LogP contribution in [0, 0.1) is 11.7 Å². The number of rotatable bonds is 5. The van der Waals surface area contributed by atoms with Crippen LogP contribution < -0.4 is 14.4 Å². The third-order valence-corrected chi connectivity index (χ3v) is 4.21. The predicted molar refractivity (Wildman–Crippen MR) is 90.4 cm³/mol. The Balaban J connectivity index is 1.70. The summed E-state index contributed by atoms with van der Waals surface area (Å²) in [6, 6.07) is 6.79. The van der Waals surface area contributed by atoms with Crippen molar-refractivity contribution in [2.24, 2.45) is 5.92 Å². The van der Waals surface area contributed by atoms with Crippen LogP contribution in [-0.2, 0) is 20.1 Å². The first-order valence-corrected chi connectivity index (χ1v) is 8.98. The van der Waals surface area contributed by atoms with E-state index < -0.39 is 39.8 Å². The van der Waals surface area contributed by atoms with Gasteiger partial charge in [0, 0.05) is 19.0 Å². The van der Waals surface area contributed by atoms with Gasteiger partial charge in [0.05, 0.1) is 29.7 Å². The van der Waals surface area contributed by atoms with Crippen LogP contribution in [0.4, 0.5) is 19.7 Å². The molecule has 8 nitrogen and oxygen atoms in total. The average molecular weight is 397 g/mol. The number of nitrogens with one attached hydrogen (secondary N) is 1. The summed E-state index contributed by atoms with van der Waals surface area (Å²) in [5.74, 6) is -2.71. The molecule has 1 unspecified atom stereocenters. The second-order valence-electron chi connectivity index (χ2n) is 5.73. The molecular formula is C16H13F2N3O5S. The number of carbonyl (C=O) groups is 2. The molecule has 0 radical (unpaired) electrons. The molecule has 2 amide bonds. The lowest BCUT2D eigenvalue weighted by Gasteiger charge is -2.17. The molecule has 2 heterocycles. The number of aromatic nitrogens is 1. The van der Waals surface area contributed by atoms with Gasteiger partial charge in [-0.2, -0.15) is 8.42 Å². The van der Waals surface area contributed by atoms with E-state index in [1.165, 1.54) is 29.3 Å². The van der Waals surface area contributed by atoms with Crippen molar-refractivity contribution in [2.45, 2.75) is 6.42 Å². The van der Waals surface area contributed by atoms with Gasteiger partial charge in [-0.1, -0.05) is 16.0 Å². The lowest BCUT2D eigenvalue weighted by Crippen LogP contribution is -2.28. The molecule has 1 aliphatic heterocycles. The number of amides is 2. The molecular weight excluding hydrogens is 384 g/mol. The summed E-state index contributed by atoms with van der Waals surface area (Å²) in [5.41, 5.74) is 0.140. The Morgan fingerprint density at radius 1 is 1.30 bits per heavy atom. The maximum Gasteiger partial charge on any atom is 0.488 e. The van der Waals surface area contributed by atoms with Crippen LogP contribution in [0.15, 0.2) is 42.7 Å². The van der Waals surface area contributed by atoms with E-state index in [9.17, 15) is 26.3 Å². The topological polar surface area (TPSA) is 106 Å². The van der Waals surface area contributed by atoms with Gasteiger partial charge in [-0.05, 0) is 12.1 Å². The molecule has 1 saturated heterocycles. The van der Waals surface area contributed by atoms with E-state index in [4.69, 9.17) is 0 Å². The zero-order valence-electron chi connectivity index (χ0n) is 13.6. The third kappa shape index (κ3) is 4.56. The highest BCUT2D eigenvalue weighted by Gasteiger charge is 2.36. The van der Waals surface area contributed by atoms with Crippen molar-refractivity contribution < 1.29 is 30.5 Å². The summed E-state index contributed by atoms with van der Waals surface area (Å²) in [7, 11) is -5.23. The van der Waals surface area contributed by atoms with Crippen molar-refractivity contribution >= 4 is 33.7 Å². The fourth-order valence-electron chi connectivity index (χ4n) is 2.68. The predicted octanol–water partition coefficient (Wildman–Crippen LogP) is 1.81. The monoisotopic (exact) mass is 397 g/mol. The normalized spacial score (nSPS) is 17.0. The van der Waals surface area contributed by atoms with Crippen molar-refractivity contribution in [3.8, 4) is 5.75 Å². The van der Waals surface area contributed by atoms with E-state index in [1.54, 1.807) is 6.07 Å². The maximum atomic E-state index is 13.9. The number of pyridine rings is 1. The number of carbonyl (C=O) groups excluding carboxylic acids is 2. The fourth-order valence-corrected chi connectivity index (χ4v) is 3.00. The molecule has 0 aliphatic carbocycles. The number of benzene rings is 1. The summed E-state index contributed by atoms with van der Waals surface area (Å²) in [4.78, 5) is 29.3. The van der Waals surface area contributed by atoms with Crippen molar-refractivity contribution in [2.75, 3.05) is 16.8 Å². The highest BCUT2D eigenvalue weighted by Crippen LogP contribution is 2.28. The van der Waals surface area contributed by atoms with Gasteiger partial charge in [0.15, 0.2) is 5.75 Å². The third-order valence-electron chi connectivity index (χ3n) is 3.82. The van der Waals surface area contributed by atoms with E-state index in [0.717, 1.165) is 12.3 Å². The molecule has 1 atom stereocenters. The first kappa shape index (κ1) is 18.7. The molecule has 0 spiro atoms. The van der Waals surface area contributed by atoms with Crippen LogP contribution in [0.25, 0.3) is 0 Å². The molecule has 0 saturated carbocycles. The fraction of sp³-hybridized carbons (Fsp3) is 0.188. The van der Waals surface area contributed by atoms with E-state index in [1.807, 2.05) is 0 Å². The lowest BCUT2D eigenvalue weighted by molar-refractivity contribution is -0.122. The Labute approximate surface area is 153 Å². The van der Waals surface area contributed by atoms with Gasteiger partial charge < -0.3 is 14.4 Å². The summed E-state index contributed by atoms with van der Waals surface area (Å²) >= 11 is 0. The van der Waals surface area contributed by atoms with Crippen LogP contribution in [0.5, 0.6) is 5.75 Å². The molecule has 142 valence electrons. The molecule has 27 heavy (non-hydrogen) atoms. The van der Waals surface area contributed by atoms with Crippen molar-refractivity contribution in [1.29, 1.82) is 0 Å². The van der Waals surface area contributed by atoms with Crippen LogP contribution in [0.2, 0.25) is 0 Å². The van der Waals surface area contributed by atoms with E-state index in [2.05, 4.69) is 14.5 Å². The van der Waals surface area contributed by atoms with Crippen LogP contribution >= 0.6 is 0 Å². The SMILES string of the molecule is O=C(Nc1cncc(OS(=O)(=O)F)c1)C1CC(=O)N(c2ccccc2F)C1. The molecule has 1 fully saturated rings. The maximum absolute atomic E-state index is 13.9. The minimum atomic E-state index is -5.23. The van der Waals surface area contributed by atoms with Crippen LogP contribution in [0.1, 0.15) is 6.42 Å². The number of nitrogens with zero attached hydrogens (tertiary/aromatic N) is 2. The Hall–Kier alpha value is -3.08. The average Bonchev–Trinajstić information content (AvgIpc) is 2.96. The number of hydrogen-bond acceptors (Lipinski definition) is 6. The largest absolute Gasteiger partial charge is 0.488 e. The minimum Gasteiger partial charge on any atom is -0.357 e. The van der Waals surface area contributed by atoms with E-state index >= 15 is 0 Å². The highest BCUT2D eigenvalue weighted by atomic mass is 32.3. The molecule has 0 bridgehead atoms. The Kier molecular flexibility index (Phi) is 5.04. The Morgan fingerprint density at radius 3 is 2.74 bits per heavy atom. The molecule has 1 N–H and O–H groups in total. The molecule has 3 rings (SSSR count). The summed E-state index contributed by atoms with van der Waals surface area (Å²) in [6.07, 6.45) is 2.02. The number of anilines is 2. The standard InChI is InChI=1S/C16H13F2N3O5S/c17-13-3-1-2-4-14(13)21-9-10(5-15(21)22)16(23)20-11-6-12(8-19-7-11)26-27(18,24)25/h1-4,6-8,10H,5,9H2,(H,20,23). The van der Waals surface area contributed by atoms with Gasteiger partial charge >= 0.3 is 10.5 Å². The Bertz CT molecular complexity index is 999. The number of hydrogen-bond donors (Lipinski definition) is 1. The zero-order valence-corrected chi connectivity index (χ0v) is 14.4. The van der Waals surface area contributed by atoms with Crippen molar-refractivity contribution in [1.82, 2.24) is 4.98 Å². The van der Waals surface area contributed by atoms with Gasteiger partial charge in [0.1, 0.15) is 5.82 Å². The summed E-state index contributed by atoms with van der Waals surface area (Å²) < 4.78 is 51.5. The number of para-hydroxylation sites is 1. The highest BCUT2D eigenvalue weighted by molar-refractivity contribution is 7.81. The zero-order chi connectivity index (χ0) is 19.6. The lowest BCUT2D eigenvalue weighted by atomic mass is 10.1. The second-order valence-corrected chi connectivity index (χ2v) is 6.68. The smallest absolute Gasteiger partial charge is 0.357 e. The molecule has 1 aromatic heterocycles. The Morgan fingerprint density at radius 2 is 2.04 bits per heavy atom.